The molecule has 0 amide bonds. The van der Waals surface area contributed by atoms with Crippen LogP contribution in [0.25, 0.3) is 11.3 Å². The van der Waals surface area contributed by atoms with Crippen LogP contribution < -0.4 is 15.1 Å². The number of halogens is 3. The molecule has 9 heteroatoms. The molecule has 4 aromatic rings. The number of aromatic nitrogens is 1. The summed E-state index contributed by atoms with van der Waals surface area (Å²) in [6, 6.07) is 19.9. The standard InChI is InChI=1S/C31H29BrClFN4OS/c1-18-13-19(2)17-37(16-18)26-9-7-21(15-23(26)33)38-30(29(36-31(38)40)25-5-3-4-12-35-25)28-11-10-27(39-28)22-8-6-20(32)14-24(22)34/h3-12,14-15,18-19,29-30H,13,16-17H2,1-2H3,(H,36,40)/t18-,19-,29-,30-/m0/s1. The monoisotopic (exact) mass is 638 g/mol. The number of anilines is 2. The van der Waals surface area contributed by atoms with E-state index in [1.807, 2.05) is 35.2 Å². The van der Waals surface area contributed by atoms with Gasteiger partial charge in [0, 0.05) is 29.4 Å². The van der Waals surface area contributed by atoms with Crippen LogP contribution in [0.3, 0.4) is 0 Å². The summed E-state index contributed by atoms with van der Waals surface area (Å²) in [6.45, 7) is 6.55. The molecule has 2 saturated heterocycles. The minimum atomic E-state index is -0.369. The normalized spacial score (nSPS) is 23.0. The first-order valence-corrected chi connectivity index (χ1v) is 15.0. The average molecular weight is 640 g/mol. The molecule has 206 valence electrons. The van der Waals surface area contributed by atoms with Crippen molar-refractivity contribution in [3.63, 3.8) is 0 Å². The van der Waals surface area contributed by atoms with Gasteiger partial charge in [0.1, 0.15) is 23.4 Å². The molecule has 5 nitrogen and oxygen atoms in total. The van der Waals surface area contributed by atoms with Crippen LogP contribution in [0.15, 0.2) is 81.8 Å². The van der Waals surface area contributed by atoms with E-state index in [1.54, 1.807) is 24.4 Å². The molecule has 40 heavy (non-hydrogen) atoms. The Bertz CT molecular complexity index is 1540. The van der Waals surface area contributed by atoms with Crippen LogP contribution in [0.1, 0.15) is 43.8 Å². The number of piperidine rings is 1. The number of hydrogen-bond acceptors (Lipinski definition) is 4. The third-order valence-electron chi connectivity index (χ3n) is 7.63. The average Bonchev–Trinajstić information content (AvgIpc) is 3.53. The smallest absolute Gasteiger partial charge is 0.174 e. The van der Waals surface area contributed by atoms with Crippen LogP contribution in [-0.2, 0) is 0 Å². The van der Waals surface area contributed by atoms with Gasteiger partial charge >= 0.3 is 0 Å². The fraction of sp³-hybridized carbons (Fsp3) is 0.290. The van der Waals surface area contributed by atoms with Crippen molar-refractivity contribution in [1.29, 1.82) is 0 Å². The number of nitrogens with zero attached hydrogens (tertiary/aromatic N) is 3. The Labute approximate surface area is 252 Å². The number of rotatable bonds is 5. The molecule has 2 aliphatic heterocycles. The second kappa shape index (κ2) is 11.1. The van der Waals surface area contributed by atoms with Crippen LogP contribution in [0.2, 0.25) is 5.02 Å². The first-order valence-electron chi connectivity index (χ1n) is 13.4. The third-order valence-corrected chi connectivity index (χ3v) is 8.74. The third kappa shape index (κ3) is 5.24. The maximum absolute atomic E-state index is 14.8. The zero-order valence-electron chi connectivity index (χ0n) is 22.2. The van der Waals surface area contributed by atoms with Gasteiger partial charge in [-0.2, -0.15) is 0 Å². The van der Waals surface area contributed by atoms with Crippen molar-refractivity contribution in [2.24, 2.45) is 11.8 Å². The first-order chi connectivity index (χ1) is 19.3. The van der Waals surface area contributed by atoms with Gasteiger partial charge in [0.05, 0.1) is 28.0 Å². The molecule has 0 spiro atoms. The maximum Gasteiger partial charge on any atom is 0.174 e. The van der Waals surface area contributed by atoms with Crippen molar-refractivity contribution in [3.05, 3.63) is 99.7 Å². The Morgan fingerprint density at radius 1 is 1.05 bits per heavy atom. The van der Waals surface area contributed by atoms with E-state index in [1.165, 1.54) is 12.5 Å². The highest BCUT2D eigenvalue weighted by atomic mass is 79.9. The number of thiocarbonyl (C=S) groups is 1. The van der Waals surface area contributed by atoms with E-state index in [-0.39, 0.29) is 17.9 Å². The number of furan rings is 1. The van der Waals surface area contributed by atoms with E-state index in [9.17, 15) is 4.39 Å². The highest BCUT2D eigenvalue weighted by Gasteiger charge is 2.43. The summed E-state index contributed by atoms with van der Waals surface area (Å²) < 4.78 is 21.8. The minimum Gasteiger partial charge on any atom is -0.459 e. The molecule has 2 aromatic heterocycles. The molecule has 2 fully saturated rings. The van der Waals surface area contributed by atoms with Gasteiger partial charge in [0.25, 0.3) is 0 Å². The van der Waals surface area contributed by atoms with Gasteiger partial charge in [-0.25, -0.2) is 4.39 Å². The molecule has 0 aliphatic carbocycles. The van der Waals surface area contributed by atoms with Gasteiger partial charge < -0.3 is 19.5 Å². The zero-order valence-corrected chi connectivity index (χ0v) is 25.3. The summed E-state index contributed by atoms with van der Waals surface area (Å²) in [5, 5.41) is 4.66. The fourth-order valence-corrected chi connectivity index (χ4v) is 7.00. The lowest BCUT2D eigenvalue weighted by molar-refractivity contribution is 0.357. The minimum absolute atomic E-state index is 0.287. The number of benzene rings is 2. The van der Waals surface area contributed by atoms with Gasteiger partial charge in [0.15, 0.2) is 5.11 Å². The predicted molar refractivity (Wildman–Crippen MR) is 166 cm³/mol. The number of pyridine rings is 1. The van der Waals surface area contributed by atoms with Gasteiger partial charge in [-0.1, -0.05) is 47.4 Å². The molecule has 0 radical (unpaired) electrons. The second-order valence-corrected chi connectivity index (χ2v) is 12.5. The lowest BCUT2D eigenvalue weighted by atomic mass is 9.91. The van der Waals surface area contributed by atoms with Gasteiger partial charge in [0.2, 0.25) is 0 Å². The summed E-state index contributed by atoms with van der Waals surface area (Å²) in [6.07, 6.45) is 2.99. The van der Waals surface area contributed by atoms with Crippen molar-refractivity contribution >= 4 is 56.2 Å². The van der Waals surface area contributed by atoms with Crippen molar-refractivity contribution in [2.75, 3.05) is 22.9 Å². The van der Waals surface area contributed by atoms with Crippen molar-refractivity contribution < 1.29 is 8.81 Å². The SMILES string of the molecule is C[C@H]1C[C@H](C)CN(c2ccc(N3C(=S)N[C@@H](c4ccccn4)[C@@H]3c3ccc(-c4ccc(Br)cc4F)o3)cc2Cl)C1. The van der Waals surface area contributed by atoms with E-state index >= 15 is 0 Å². The number of hydrogen-bond donors (Lipinski definition) is 1. The molecule has 4 heterocycles. The molecule has 2 aromatic carbocycles. The topological polar surface area (TPSA) is 44.5 Å². The van der Waals surface area contributed by atoms with E-state index in [0.717, 1.165) is 30.2 Å². The van der Waals surface area contributed by atoms with E-state index in [0.29, 0.717) is 43.5 Å². The largest absolute Gasteiger partial charge is 0.459 e. The Kier molecular flexibility index (Phi) is 7.59. The molecule has 2 aliphatic rings. The zero-order chi connectivity index (χ0) is 28.0. The number of nitrogens with one attached hydrogen (secondary N) is 1. The molecule has 0 unspecified atom stereocenters. The highest BCUT2D eigenvalue weighted by Crippen LogP contribution is 2.45. The molecule has 0 saturated carbocycles. The maximum atomic E-state index is 14.8. The summed E-state index contributed by atoms with van der Waals surface area (Å²) >= 11 is 16.1. The van der Waals surface area contributed by atoms with E-state index in [4.69, 9.17) is 28.2 Å². The first kappa shape index (κ1) is 27.2. The molecule has 1 N–H and O–H groups in total. The summed E-state index contributed by atoms with van der Waals surface area (Å²) in [4.78, 5) is 9.01. The van der Waals surface area contributed by atoms with Crippen LogP contribution in [0, 0.1) is 17.7 Å². The summed E-state index contributed by atoms with van der Waals surface area (Å²) in [5.41, 5.74) is 3.09. The Morgan fingerprint density at radius 3 is 2.55 bits per heavy atom. The molecule has 4 atom stereocenters. The van der Waals surface area contributed by atoms with Crippen LogP contribution in [-0.4, -0.2) is 23.2 Å². The Hall–Kier alpha value is -2.94. The van der Waals surface area contributed by atoms with Crippen molar-refractivity contribution in [2.45, 2.75) is 32.4 Å². The Morgan fingerprint density at radius 2 is 1.85 bits per heavy atom. The quantitative estimate of drug-likeness (QED) is 0.221. The van der Waals surface area contributed by atoms with Crippen LogP contribution in [0.4, 0.5) is 15.8 Å². The highest BCUT2D eigenvalue weighted by molar-refractivity contribution is 9.10. The fourth-order valence-electron chi connectivity index (χ4n) is 6.03. The molecule has 6 rings (SSSR count). The molecular formula is C31H29BrClFN4OS. The molecular weight excluding hydrogens is 611 g/mol. The van der Waals surface area contributed by atoms with E-state index in [2.05, 4.69) is 57.1 Å². The van der Waals surface area contributed by atoms with Gasteiger partial charge in [-0.15, -0.1) is 0 Å². The molecule has 0 bridgehead atoms. The van der Waals surface area contributed by atoms with Crippen LogP contribution in [0.5, 0.6) is 0 Å². The lowest BCUT2D eigenvalue weighted by Gasteiger charge is -2.37. The second-order valence-electron chi connectivity index (χ2n) is 10.8. The van der Waals surface area contributed by atoms with E-state index < -0.39 is 0 Å². The summed E-state index contributed by atoms with van der Waals surface area (Å²) in [7, 11) is 0. The van der Waals surface area contributed by atoms with Gasteiger partial charge in [-0.3, -0.25) is 4.98 Å². The van der Waals surface area contributed by atoms with Crippen LogP contribution >= 0.6 is 39.7 Å². The predicted octanol–water partition coefficient (Wildman–Crippen LogP) is 8.56. The van der Waals surface area contributed by atoms with Gasteiger partial charge in [-0.05, 0) is 91.1 Å². The van der Waals surface area contributed by atoms with Crippen molar-refractivity contribution in [1.82, 2.24) is 10.3 Å². The summed E-state index contributed by atoms with van der Waals surface area (Å²) in [5.74, 6) is 1.94. The lowest BCUT2D eigenvalue weighted by Crippen LogP contribution is -2.38. The Balaban J connectivity index is 1.39. The van der Waals surface area contributed by atoms with Crippen molar-refractivity contribution in [3.8, 4) is 11.3 Å².